The molecule has 9 heteroatoms. The molecule has 2 aromatic rings. The molecule has 1 heterocycles. The van der Waals surface area contributed by atoms with Crippen molar-refractivity contribution in [3.05, 3.63) is 46.7 Å². The first-order valence-electron chi connectivity index (χ1n) is 9.69. The van der Waals surface area contributed by atoms with Crippen molar-refractivity contribution in [2.24, 2.45) is 0 Å². The number of nitrogens with zero attached hydrogens (tertiary/aromatic N) is 1. The van der Waals surface area contributed by atoms with Crippen LogP contribution in [-0.4, -0.2) is 31.1 Å². The number of hydrogen-bond donors (Lipinski definition) is 1. The van der Waals surface area contributed by atoms with Gasteiger partial charge in [-0.1, -0.05) is 25.3 Å². The summed E-state index contributed by atoms with van der Waals surface area (Å²) in [4.78, 5) is 26.5. The lowest BCUT2D eigenvalue weighted by Gasteiger charge is -2.33. The van der Waals surface area contributed by atoms with Gasteiger partial charge in [0.05, 0.1) is 7.11 Å². The quantitative estimate of drug-likeness (QED) is 0.699. The normalized spacial score (nSPS) is 16.0. The van der Waals surface area contributed by atoms with Crippen LogP contribution in [0.5, 0.6) is 5.75 Å². The Kier molecular flexibility index (Phi) is 7.02. The van der Waals surface area contributed by atoms with E-state index < -0.39 is 24.0 Å². The predicted molar refractivity (Wildman–Crippen MR) is 109 cm³/mol. The fourth-order valence-corrected chi connectivity index (χ4v) is 4.42. The van der Waals surface area contributed by atoms with Crippen LogP contribution < -0.4 is 15.0 Å². The molecule has 1 saturated carbocycles. The Morgan fingerprint density at radius 3 is 2.33 bits per heavy atom. The Labute approximate surface area is 176 Å². The monoisotopic (exact) mass is 440 g/mol. The minimum absolute atomic E-state index is 0.0321. The number of benzene rings is 1. The fourth-order valence-electron chi connectivity index (χ4n) is 3.61. The number of thiophene rings is 1. The second-order valence-electron chi connectivity index (χ2n) is 7.13. The smallest absolute Gasteiger partial charge is 0.471 e. The summed E-state index contributed by atoms with van der Waals surface area (Å²) in [5.74, 6) is -2.28. The number of rotatable bonds is 6. The molecule has 1 aromatic heterocycles. The van der Waals surface area contributed by atoms with E-state index in [2.05, 4.69) is 5.32 Å². The average Bonchev–Trinajstić information content (AvgIpc) is 3.25. The summed E-state index contributed by atoms with van der Waals surface area (Å²) < 4.78 is 45.6. The Morgan fingerprint density at radius 2 is 1.80 bits per heavy atom. The highest BCUT2D eigenvalue weighted by Gasteiger charge is 2.47. The van der Waals surface area contributed by atoms with Gasteiger partial charge in [0, 0.05) is 16.6 Å². The van der Waals surface area contributed by atoms with Gasteiger partial charge in [0.15, 0.2) is 6.04 Å². The molecule has 0 saturated heterocycles. The Hall–Kier alpha value is -2.55. The maximum Gasteiger partial charge on any atom is 0.471 e. The maximum atomic E-state index is 13.5. The van der Waals surface area contributed by atoms with Crippen LogP contribution in [-0.2, 0) is 9.59 Å². The summed E-state index contributed by atoms with van der Waals surface area (Å²) in [6, 6.07) is 7.28. The van der Waals surface area contributed by atoms with E-state index >= 15 is 0 Å². The summed E-state index contributed by atoms with van der Waals surface area (Å²) in [6.45, 7) is 0. The van der Waals surface area contributed by atoms with Crippen molar-refractivity contribution >= 4 is 28.8 Å². The van der Waals surface area contributed by atoms with Crippen LogP contribution in [0.15, 0.2) is 41.8 Å². The van der Waals surface area contributed by atoms with Crippen molar-refractivity contribution < 1.29 is 27.5 Å². The molecule has 1 fully saturated rings. The fraction of sp³-hybridized carbons (Fsp3) is 0.429. The molecule has 0 radical (unpaired) electrons. The maximum absolute atomic E-state index is 13.5. The molecule has 1 aliphatic rings. The van der Waals surface area contributed by atoms with Crippen LogP contribution >= 0.6 is 11.3 Å². The second kappa shape index (κ2) is 9.51. The van der Waals surface area contributed by atoms with Crippen molar-refractivity contribution in [1.29, 1.82) is 0 Å². The number of ether oxygens (including phenoxy) is 1. The highest BCUT2D eigenvalue weighted by Crippen LogP contribution is 2.35. The van der Waals surface area contributed by atoms with E-state index in [-0.39, 0.29) is 11.7 Å². The zero-order valence-corrected chi connectivity index (χ0v) is 17.3. The zero-order valence-electron chi connectivity index (χ0n) is 16.4. The first kappa shape index (κ1) is 22.1. The molecule has 30 heavy (non-hydrogen) atoms. The van der Waals surface area contributed by atoms with Crippen molar-refractivity contribution in [2.75, 3.05) is 12.0 Å². The number of carbonyl (C=O) groups excluding carboxylic acids is 2. The molecule has 1 aromatic carbocycles. The van der Waals surface area contributed by atoms with E-state index in [9.17, 15) is 22.8 Å². The SMILES string of the molecule is COc1ccc(N(C(=O)C(F)(F)F)C(C(=O)NC2CCCCC2)c2cccs2)cc1. The minimum atomic E-state index is -5.14. The number of amides is 2. The van der Waals surface area contributed by atoms with E-state index in [0.29, 0.717) is 15.5 Å². The van der Waals surface area contributed by atoms with Gasteiger partial charge in [-0.2, -0.15) is 13.2 Å². The number of nitrogens with one attached hydrogen (secondary N) is 1. The lowest BCUT2D eigenvalue weighted by Crippen LogP contribution is -2.50. The van der Waals surface area contributed by atoms with Gasteiger partial charge >= 0.3 is 12.1 Å². The Morgan fingerprint density at radius 1 is 1.13 bits per heavy atom. The van der Waals surface area contributed by atoms with Crippen LogP contribution in [0, 0.1) is 0 Å². The van der Waals surface area contributed by atoms with Gasteiger partial charge in [-0.3, -0.25) is 14.5 Å². The van der Waals surface area contributed by atoms with Crippen LogP contribution in [0.3, 0.4) is 0 Å². The summed E-state index contributed by atoms with van der Waals surface area (Å²) in [5.41, 5.74) is -0.0321. The third kappa shape index (κ3) is 5.13. The topological polar surface area (TPSA) is 58.6 Å². The van der Waals surface area contributed by atoms with Crippen LogP contribution in [0.4, 0.5) is 18.9 Å². The van der Waals surface area contributed by atoms with Crippen LogP contribution in [0.2, 0.25) is 0 Å². The Balaban J connectivity index is 2.01. The van der Waals surface area contributed by atoms with E-state index in [1.807, 2.05) is 0 Å². The van der Waals surface area contributed by atoms with Crippen molar-refractivity contribution in [1.82, 2.24) is 5.32 Å². The molecule has 1 unspecified atom stereocenters. The number of halogens is 3. The third-order valence-electron chi connectivity index (χ3n) is 5.08. The first-order valence-corrected chi connectivity index (χ1v) is 10.6. The predicted octanol–water partition coefficient (Wildman–Crippen LogP) is 4.84. The standard InChI is InChI=1S/C21H23F3N2O3S/c1-29-16-11-9-15(10-12-16)26(20(28)21(22,23)24)18(17-8-5-13-30-17)19(27)25-14-6-3-2-4-7-14/h5,8-14,18H,2-4,6-7H2,1H3,(H,25,27). The summed E-state index contributed by atoms with van der Waals surface area (Å²) in [6.07, 6.45) is -0.598. The molecule has 162 valence electrons. The zero-order chi connectivity index (χ0) is 21.7. The molecule has 1 atom stereocenters. The molecule has 5 nitrogen and oxygen atoms in total. The van der Waals surface area contributed by atoms with Crippen LogP contribution in [0.1, 0.15) is 43.0 Å². The number of anilines is 1. The Bertz CT molecular complexity index is 847. The molecule has 0 aliphatic heterocycles. The second-order valence-corrected chi connectivity index (χ2v) is 8.11. The van der Waals surface area contributed by atoms with Crippen molar-refractivity contribution in [2.45, 2.75) is 50.4 Å². The summed E-state index contributed by atoms with van der Waals surface area (Å²) in [7, 11) is 1.43. The number of carbonyl (C=O) groups is 2. The lowest BCUT2D eigenvalue weighted by molar-refractivity contribution is -0.171. The van der Waals surface area contributed by atoms with Gasteiger partial charge in [0.1, 0.15) is 5.75 Å². The highest BCUT2D eigenvalue weighted by molar-refractivity contribution is 7.10. The van der Waals surface area contributed by atoms with Gasteiger partial charge in [-0.25, -0.2) is 0 Å². The number of alkyl halides is 3. The van der Waals surface area contributed by atoms with E-state index in [1.165, 1.54) is 31.4 Å². The van der Waals surface area contributed by atoms with Crippen molar-refractivity contribution in [3.63, 3.8) is 0 Å². The number of methoxy groups -OCH3 is 1. The highest BCUT2D eigenvalue weighted by atomic mass is 32.1. The summed E-state index contributed by atoms with van der Waals surface area (Å²) >= 11 is 1.13. The van der Waals surface area contributed by atoms with Gasteiger partial charge in [0.2, 0.25) is 5.91 Å². The molecule has 1 aliphatic carbocycles. The van der Waals surface area contributed by atoms with E-state index in [1.54, 1.807) is 17.5 Å². The van der Waals surface area contributed by atoms with Gasteiger partial charge < -0.3 is 10.1 Å². The third-order valence-corrected chi connectivity index (χ3v) is 6.01. The van der Waals surface area contributed by atoms with Gasteiger partial charge in [-0.05, 0) is 48.6 Å². The van der Waals surface area contributed by atoms with E-state index in [4.69, 9.17) is 4.74 Å². The van der Waals surface area contributed by atoms with Gasteiger partial charge in [0.25, 0.3) is 0 Å². The first-order chi connectivity index (χ1) is 14.3. The van der Waals surface area contributed by atoms with Crippen molar-refractivity contribution in [3.8, 4) is 5.75 Å². The molecule has 0 spiro atoms. The largest absolute Gasteiger partial charge is 0.497 e. The average molecular weight is 440 g/mol. The minimum Gasteiger partial charge on any atom is -0.497 e. The molecule has 2 amide bonds. The van der Waals surface area contributed by atoms with Gasteiger partial charge in [-0.15, -0.1) is 11.3 Å². The van der Waals surface area contributed by atoms with E-state index in [0.717, 1.165) is 43.4 Å². The molecular formula is C21H23F3N2O3S. The van der Waals surface area contributed by atoms with Crippen LogP contribution in [0.25, 0.3) is 0 Å². The molecular weight excluding hydrogens is 417 g/mol. The lowest BCUT2D eigenvalue weighted by atomic mass is 9.95. The molecule has 0 bridgehead atoms. The molecule has 1 N–H and O–H groups in total. The molecule has 3 rings (SSSR count). The summed E-state index contributed by atoms with van der Waals surface area (Å²) in [5, 5.41) is 4.54. The number of hydrogen-bond acceptors (Lipinski definition) is 4.